The molecule has 0 amide bonds. The van der Waals surface area contributed by atoms with Crippen molar-refractivity contribution >= 4 is 10.8 Å². The molecule has 0 fully saturated rings. The van der Waals surface area contributed by atoms with Crippen molar-refractivity contribution < 1.29 is 17.9 Å². The van der Waals surface area contributed by atoms with Gasteiger partial charge in [-0.25, -0.2) is 8.78 Å². The highest BCUT2D eigenvalue weighted by atomic mass is 19.2. The number of fused-ring (bicyclic) bond motifs is 1. The van der Waals surface area contributed by atoms with Gasteiger partial charge >= 0.3 is 0 Å². The summed E-state index contributed by atoms with van der Waals surface area (Å²) in [5, 5.41) is 2.28. The maximum absolute atomic E-state index is 14.4. The van der Waals surface area contributed by atoms with E-state index in [4.69, 9.17) is 0 Å². The molecule has 4 heteroatoms. The van der Waals surface area contributed by atoms with Gasteiger partial charge in [-0.3, -0.25) is 0 Å². The molecule has 0 bridgehead atoms. The van der Waals surface area contributed by atoms with E-state index >= 15 is 0 Å². The van der Waals surface area contributed by atoms with Crippen molar-refractivity contribution in [1.29, 1.82) is 0 Å². The van der Waals surface area contributed by atoms with Crippen LogP contribution in [0.15, 0.2) is 79.4 Å². The molecule has 0 saturated carbocycles. The van der Waals surface area contributed by atoms with Crippen molar-refractivity contribution in [3.05, 3.63) is 102 Å². The predicted octanol–water partition coefficient (Wildman–Crippen LogP) is 7.72. The Morgan fingerprint density at radius 2 is 1.42 bits per heavy atom. The molecule has 4 aromatic rings. The van der Waals surface area contributed by atoms with Crippen LogP contribution in [-0.4, -0.2) is 7.11 Å². The molecule has 0 aliphatic heterocycles. The molecule has 4 aromatic carbocycles. The van der Waals surface area contributed by atoms with Crippen LogP contribution in [-0.2, 0) is 6.42 Å². The summed E-state index contributed by atoms with van der Waals surface area (Å²) in [4.78, 5) is 0. The topological polar surface area (TPSA) is 9.23 Å². The Balaban J connectivity index is 1.65. The minimum atomic E-state index is -1.33. The van der Waals surface area contributed by atoms with Gasteiger partial charge in [0.2, 0.25) is 5.82 Å². The zero-order chi connectivity index (χ0) is 22.0. The summed E-state index contributed by atoms with van der Waals surface area (Å²) < 4.78 is 47.1. The molecule has 0 aliphatic carbocycles. The summed E-state index contributed by atoms with van der Waals surface area (Å²) in [6.07, 6.45) is 3.82. The van der Waals surface area contributed by atoms with Crippen LogP contribution in [0.25, 0.3) is 33.0 Å². The molecule has 0 saturated heterocycles. The van der Waals surface area contributed by atoms with Crippen LogP contribution in [0.3, 0.4) is 0 Å². The lowest BCUT2D eigenvalue weighted by Gasteiger charge is -2.10. The van der Waals surface area contributed by atoms with E-state index in [9.17, 15) is 13.2 Å². The summed E-state index contributed by atoms with van der Waals surface area (Å²) >= 11 is 0. The third-order valence-electron chi connectivity index (χ3n) is 5.39. The highest BCUT2D eigenvalue weighted by molar-refractivity contribution is 5.88. The molecule has 0 unspecified atom stereocenters. The van der Waals surface area contributed by atoms with Gasteiger partial charge < -0.3 is 4.74 Å². The Morgan fingerprint density at radius 1 is 0.774 bits per heavy atom. The number of aryl methyl sites for hydroxylation is 1. The number of hydrogen-bond donors (Lipinski definition) is 0. The van der Waals surface area contributed by atoms with E-state index in [0.29, 0.717) is 5.56 Å². The first-order valence-electron chi connectivity index (χ1n) is 9.97. The summed E-state index contributed by atoms with van der Waals surface area (Å²) in [6, 6.07) is 20.5. The second-order valence-electron chi connectivity index (χ2n) is 7.37. The van der Waals surface area contributed by atoms with Gasteiger partial charge in [0.1, 0.15) is 0 Å². The Morgan fingerprint density at radius 3 is 2.13 bits per heavy atom. The first-order valence-corrected chi connectivity index (χ1v) is 9.97. The summed E-state index contributed by atoms with van der Waals surface area (Å²) in [5.74, 6) is -4.13. The first kappa shape index (κ1) is 20.7. The van der Waals surface area contributed by atoms with E-state index in [1.165, 1.54) is 5.56 Å². The Bertz CT molecular complexity index is 1260. The average molecular weight is 418 g/mol. The van der Waals surface area contributed by atoms with Crippen LogP contribution < -0.4 is 4.74 Å². The van der Waals surface area contributed by atoms with E-state index in [-0.39, 0.29) is 5.56 Å². The van der Waals surface area contributed by atoms with E-state index in [1.807, 2.05) is 24.3 Å². The molecule has 4 rings (SSSR count). The predicted molar refractivity (Wildman–Crippen MR) is 120 cm³/mol. The molecule has 0 aromatic heterocycles. The summed E-state index contributed by atoms with van der Waals surface area (Å²) in [5.41, 5.74) is 3.44. The monoisotopic (exact) mass is 418 g/mol. The maximum Gasteiger partial charge on any atom is 0.204 e. The Kier molecular flexibility index (Phi) is 5.81. The standard InChI is InChI=1S/C27H21F3O/c1-3-4-5-17-6-7-22-15-21(13-12-20(22)14-17)18-8-10-19(11-9-18)23-16-24(28)27(31-2)26(30)25(23)29/h3,6-16H,1,4-5H2,2H3. The van der Waals surface area contributed by atoms with Gasteiger partial charge in [-0.2, -0.15) is 4.39 Å². The summed E-state index contributed by atoms with van der Waals surface area (Å²) in [6.45, 7) is 3.77. The average Bonchev–Trinajstić information content (AvgIpc) is 2.80. The second-order valence-corrected chi connectivity index (χ2v) is 7.37. The van der Waals surface area contributed by atoms with E-state index in [1.54, 1.807) is 12.1 Å². The second kappa shape index (κ2) is 8.68. The van der Waals surface area contributed by atoms with Crippen molar-refractivity contribution in [2.75, 3.05) is 7.11 Å². The van der Waals surface area contributed by atoms with Gasteiger partial charge in [0, 0.05) is 5.56 Å². The molecule has 0 atom stereocenters. The zero-order valence-electron chi connectivity index (χ0n) is 17.1. The van der Waals surface area contributed by atoms with Gasteiger partial charge in [0.05, 0.1) is 7.11 Å². The van der Waals surface area contributed by atoms with Crippen LogP contribution in [0.5, 0.6) is 5.75 Å². The Labute approximate surface area is 179 Å². The lowest BCUT2D eigenvalue weighted by molar-refractivity contribution is 0.347. The zero-order valence-corrected chi connectivity index (χ0v) is 17.1. The number of hydrogen-bond acceptors (Lipinski definition) is 1. The highest BCUT2D eigenvalue weighted by Crippen LogP contribution is 2.34. The SMILES string of the molecule is C=CCCc1ccc2cc(-c3ccc(-c4cc(F)c(OC)c(F)c4F)cc3)ccc2c1. The molecule has 1 nitrogen and oxygen atoms in total. The maximum atomic E-state index is 14.4. The Hall–Kier alpha value is -3.53. The number of methoxy groups -OCH3 is 1. The number of halogens is 3. The lowest BCUT2D eigenvalue weighted by atomic mass is 9.97. The van der Waals surface area contributed by atoms with Crippen LogP contribution >= 0.6 is 0 Å². The lowest BCUT2D eigenvalue weighted by Crippen LogP contribution is -1.99. The molecule has 31 heavy (non-hydrogen) atoms. The number of rotatable bonds is 6. The molecule has 0 radical (unpaired) electrons. The van der Waals surface area contributed by atoms with Crippen molar-refractivity contribution in [2.24, 2.45) is 0 Å². The highest BCUT2D eigenvalue weighted by Gasteiger charge is 2.20. The molecule has 0 heterocycles. The van der Waals surface area contributed by atoms with E-state index < -0.39 is 23.2 Å². The fourth-order valence-electron chi connectivity index (χ4n) is 3.72. The van der Waals surface area contributed by atoms with Crippen molar-refractivity contribution in [3.63, 3.8) is 0 Å². The minimum Gasteiger partial charge on any atom is -0.491 e. The normalized spacial score (nSPS) is 11.0. The van der Waals surface area contributed by atoms with Crippen LogP contribution in [0.2, 0.25) is 0 Å². The van der Waals surface area contributed by atoms with Crippen LogP contribution in [0, 0.1) is 17.5 Å². The van der Waals surface area contributed by atoms with Crippen LogP contribution in [0.1, 0.15) is 12.0 Å². The molecule has 0 aliphatic rings. The molecular formula is C27H21F3O. The largest absolute Gasteiger partial charge is 0.491 e. The van der Waals surface area contributed by atoms with Crippen molar-refractivity contribution in [2.45, 2.75) is 12.8 Å². The fraction of sp³-hybridized carbons (Fsp3) is 0.111. The minimum absolute atomic E-state index is 0.145. The van der Waals surface area contributed by atoms with Gasteiger partial charge in [0.25, 0.3) is 0 Å². The van der Waals surface area contributed by atoms with Crippen molar-refractivity contribution in [3.8, 4) is 28.0 Å². The van der Waals surface area contributed by atoms with Gasteiger partial charge in [0.15, 0.2) is 17.4 Å². The van der Waals surface area contributed by atoms with Crippen LogP contribution in [0.4, 0.5) is 13.2 Å². The number of benzene rings is 4. The van der Waals surface area contributed by atoms with E-state index in [2.05, 4.69) is 41.6 Å². The molecule has 0 spiro atoms. The molecule has 0 N–H and O–H groups in total. The quantitative estimate of drug-likeness (QED) is 0.230. The third-order valence-corrected chi connectivity index (χ3v) is 5.39. The number of ether oxygens (including phenoxy) is 1. The third kappa shape index (κ3) is 4.06. The van der Waals surface area contributed by atoms with Crippen molar-refractivity contribution in [1.82, 2.24) is 0 Å². The molecular weight excluding hydrogens is 397 g/mol. The van der Waals surface area contributed by atoms with Gasteiger partial charge in [-0.1, -0.05) is 60.7 Å². The van der Waals surface area contributed by atoms with Gasteiger partial charge in [-0.15, -0.1) is 6.58 Å². The number of allylic oxidation sites excluding steroid dienone is 1. The molecule has 156 valence electrons. The van der Waals surface area contributed by atoms with Gasteiger partial charge in [-0.05, 0) is 58.0 Å². The summed E-state index contributed by atoms with van der Waals surface area (Å²) in [7, 11) is 1.10. The van der Waals surface area contributed by atoms with E-state index in [0.717, 1.165) is 47.9 Å². The fourth-order valence-corrected chi connectivity index (χ4v) is 3.72. The first-order chi connectivity index (χ1) is 15.0. The smallest absolute Gasteiger partial charge is 0.204 e.